The molecular formula is C24H32N2O4. The van der Waals surface area contributed by atoms with E-state index in [9.17, 15) is 9.59 Å². The number of benzene rings is 1. The maximum Gasteiger partial charge on any atom is 0.231 e. The van der Waals surface area contributed by atoms with Gasteiger partial charge in [0, 0.05) is 38.0 Å². The van der Waals surface area contributed by atoms with Crippen molar-refractivity contribution < 1.29 is 19.1 Å². The van der Waals surface area contributed by atoms with E-state index < -0.39 is 0 Å². The molecule has 4 aliphatic rings. The van der Waals surface area contributed by atoms with Crippen molar-refractivity contribution in [2.24, 2.45) is 11.8 Å². The molecule has 0 saturated carbocycles. The lowest BCUT2D eigenvalue weighted by Crippen LogP contribution is -2.65. The first-order chi connectivity index (χ1) is 14.6. The van der Waals surface area contributed by atoms with Gasteiger partial charge in [0.05, 0.1) is 0 Å². The largest absolute Gasteiger partial charge is 0.454 e. The molecule has 5 rings (SSSR count). The normalized spacial score (nSPS) is 29.7. The van der Waals surface area contributed by atoms with Gasteiger partial charge in [0.15, 0.2) is 11.5 Å². The van der Waals surface area contributed by atoms with Gasteiger partial charge in [0.25, 0.3) is 0 Å². The molecule has 0 radical (unpaired) electrons. The molecule has 30 heavy (non-hydrogen) atoms. The number of ether oxygens (including phenoxy) is 2. The van der Waals surface area contributed by atoms with Crippen LogP contribution >= 0.6 is 0 Å². The quantitative estimate of drug-likeness (QED) is 0.744. The van der Waals surface area contributed by atoms with Crippen molar-refractivity contribution in [3.8, 4) is 11.5 Å². The van der Waals surface area contributed by atoms with E-state index in [2.05, 4.69) is 16.7 Å². The van der Waals surface area contributed by atoms with E-state index in [0.29, 0.717) is 49.1 Å². The van der Waals surface area contributed by atoms with E-state index in [1.54, 1.807) is 0 Å². The first kappa shape index (κ1) is 19.7. The molecule has 1 aromatic rings. The van der Waals surface area contributed by atoms with Crippen molar-refractivity contribution in [2.75, 3.05) is 19.9 Å². The lowest BCUT2D eigenvalue weighted by atomic mass is 9.71. The molecular weight excluding hydrogens is 380 g/mol. The SMILES string of the molecule is CCC[C@H]1[C@H]2C[C@H](CN(C(=O)CCc3ccc4c(c3)OCO4)C2)[C@@H]2CCCC(=O)N21. The number of rotatable bonds is 5. The Morgan fingerprint density at radius 1 is 1.17 bits per heavy atom. The van der Waals surface area contributed by atoms with E-state index in [-0.39, 0.29) is 12.7 Å². The van der Waals surface area contributed by atoms with Crippen LogP contribution in [0.2, 0.25) is 0 Å². The summed E-state index contributed by atoms with van der Waals surface area (Å²) in [5, 5.41) is 0. The van der Waals surface area contributed by atoms with Crippen molar-refractivity contribution in [3.05, 3.63) is 23.8 Å². The number of aryl methyl sites for hydroxylation is 1. The molecule has 4 atom stereocenters. The predicted molar refractivity (Wildman–Crippen MR) is 112 cm³/mol. The Labute approximate surface area is 178 Å². The molecule has 0 aliphatic carbocycles. The van der Waals surface area contributed by atoms with Gasteiger partial charge in [-0.15, -0.1) is 0 Å². The van der Waals surface area contributed by atoms with Crippen LogP contribution < -0.4 is 9.47 Å². The second-order valence-electron chi connectivity index (χ2n) is 9.36. The van der Waals surface area contributed by atoms with E-state index in [1.165, 1.54) is 6.42 Å². The van der Waals surface area contributed by atoms with Gasteiger partial charge in [-0.2, -0.15) is 0 Å². The van der Waals surface area contributed by atoms with Crippen LogP contribution in [0.1, 0.15) is 57.4 Å². The topological polar surface area (TPSA) is 59.1 Å². The predicted octanol–water partition coefficient (Wildman–Crippen LogP) is 3.38. The summed E-state index contributed by atoms with van der Waals surface area (Å²) in [6.07, 6.45) is 7.35. The fraction of sp³-hybridized carbons (Fsp3) is 0.667. The summed E-state index contributed by atoms with van der Waals surface area (Å²) in [5.74, 6) is 3.02. The molecule has 6 nitrogen and oxygen atoms in total. The van der Waals surface area contributed by atoms with Gasteiger partial charge in [-0.1, -0.05) is 19.4 Å². The van der Waals surface area contributed by atoms with Gasteiger partial charge < -0.3 is 19.3 Å². The van der Waals surface area contributed by atoms with E-state index in [0.717, 1.165) is 55.8 Å². The number of likely N-dealkylation sites (tertiary alicyclic amines) is 1. The minimum absolute atomic E-state index is 0.244. The highest BCUT2D eigenvalue weighted by Crippen LogP contribution is 2.43. The zero-order valence-electron chi connectivity index (χ0n) is 17.8. The zero-order valence-corrected chi connectivity index (χ0v) is 17.8. The highest BCUT2D eigenvalue weighted by Gasteiger charge is 2.49. The molecule has 4 heterocycles. The smallest absolute Gasteiger partial charge is 0.231 e. The summed E-state index contributed by atoms with van der Waals surface area (Å²) < 4.78 is 10.8. The molecule has 0 N–H and O–H groups in total. The number of piperidine rings is 3. The standard InChI is InChI=1S/C24H32N2O4/c1-2-4-19-17-12-18(20-5-3-6-24(28)26(19)20)14-25(13-17)23(27)10-8-16-7-9-21-22(11-16)30-15-29-21/h7,9,11,17-20H,2-6,8,10,12-15H2,1H3/t17-,18+,19-,20-/m0/s1. The lowest BCUT2D eigenvalue weighted by molar-refractivity contribution is -0.156. The highest BCUT2D eigenvalue weighted by atomic mass is 16.7. The molecule has 3 saturated heterocycles. The van der Waals surface area contributed by atoms with Crippen LogP contribution in [0.15, 0.2) is 18.2 Å². The molecule has 2 amide bonds. The Morgan fingerprint density at radius 3 is 2.87 bits per heavy atom. The summed E-state index contributed by atoms with van der Waals surface area (Å²) >= 11 is 0. The molecule has 1 aromatic carbocycles. The Kier molecular flexibility index (Phi) is 5.34. The van der Waals surface area contributed by atoms with Gasteiger partial charge in [-0.3, -0.25) is 9.59 Å². The Balaban J connectivity index is 1.26. The fourth-order valence-electron chi connectivity index (χ4n) is 6.15. The van der Waals surface area contributed by atoms with E-state index in [1.807, 2.05) is 18.2 Å². The van der Waals surface area contributed by atoms with Crippen LogP contribution in [0.25, 0.3) is 0 Å². The van der Waals surface area contributed by atoms with Crippen LogP contribution in [-0.2, 0) is 16.0 Å². The van der Waals surface area contributed by atoms with Crippen LogP contribution in [0, 0.1) is 11.8 Å². The summed E-state index contributed by atoms with van der Waals surface area (Å²) in [6, 6.07) is 6.59. The van der Waals surface area contributed by atoms with Crippen molar-refractivity contribution >= 4 is 11.8 Å². The summed E-state index contributed by atoms with van der Waals surface area (Å²) in [5.41, 5.74) is 1.11. The third-order valence-corrected chi connectivity index (χ3v) is 7.50. The maximum absolute atomic E-state index is 13.1. The van der Waals surface area contributed by atoms with Gasteiger partial charge in [0.2, 0.25) is 18.6 Å². The van der Waals surface area contributed by atoms with Crippen molar-refractivity contribution in [1.82, 2.24) is 9.80 Å². The van der Waals surface area contributed by atoms with E-state index >= 15 is 0 Å². The molecule has 2 bridgehead atoms. The molecule has 0 aromatic heterocycles. The van der Waals surface area contributed by atoms with E-state index in [4.69, 9.17) is 9.47 Å². The van der Waals surface area contributed by atoms with Crippen LogP contribution in [0.5, 0.6) is 11.5 Å². The zero-order chi connectivity index (χ0) is 20.7. The third kappa shape index (κ3) is 3.54. The second kappa shape index (κ2) is 8.12. The number of amides is 2. The van der Waals surface area contributed by atoms with Gasteiger partial charge in [-0.05, 0) is 61.6 Å². The number of fused-ring (bicyclic) bond motifs is 5. The van der Waals surface area contributed by atoms with Crippen molar-refractivity contribution in [1.29, 1.82) is 0 Å². The minimum Gasteiger partial charge on any atom is -0.454 e. The number of hydrogen-bond acceptors (Lipinski definition) is 4. The number of hydrogen-bond donors (Lipinski definition) is 0. The monoisotopic (exact) mass is 412 g/mol. The maximum atomic E-state index is 13.1. The summed E-state index contributed by atoms with van der Waals surface area (Å²) in [4.78, 5) is 30.2. The first-order valence-corrected chi connectivity index (χ1v) is 11.6. The first-order valence-electron chi connectivity index (χ1n) is 11.6. The van der Waals surface area contributed by atoms with Crippen LogP contribution in [-0.4, -0.2) is 53.6 Å². The Morgan fingerprint density at radius 2 is 2.00 bits per heavy atom. The van der Waals surface area contributed by atoms with Crippen LogP contribution in [0.4, 0.5) is 0 Å². The molecule has 0 spiro atoms. The van der Waals surface area contributed by atoms with Crippen molar-refractivity contribution in [2.45, 2.75) is 70.4 Å². The lowest BCUT2D eigenvalue weighted by Gasteiger charge is -2.56. The summed E-state index contributed by atoms with van der Waals surface area (Å²) in [7, 11) is 0. The molecule has 162 valence electrons. The summed E-state index contributed by atoms with van der Waals surface area (Å²) in [6.45, 7) is 4.09. The average molecular weight is 413 g/mol. The third-order valence-electron chi connectivity index (χ3n) is 7.50. The number of carbonyl (C=O) groups excluding carboxylic acids is 2. The van der Waals surface area contributed by atoms with Gasteiger partial charge in [-0.25, -0.2) is 0 Å². The molecule has 0 unspecified atom stereocenters. The van der Waals surface area contributed by atoms with Gasteiger partial charge >= 0.3 is 0 Å². The minimum atomic E-state index is 0.244. The van der Waals surface area contributed by atoms with Crippen molar-refractivity contribution in [3.63, 3.8) is 0 Å². The Hall–Kier alpha value is -2.24. The number of nitrogens with zero attached hydrogens (tertiary/aromatic N) is 2. The van der Waals surface area contributed by atoms with Gasteiger partial charge in [0.1, 0.15) is 0 Å². The molecule has 6 heteroatoms. The highest BCUT2D eigenvalue weighted by molar-refractivity contribution is 5.79. The Bertz CT molecular complexity index is 825. The fourth-order valence-corrected chi connectivity index (χ4v) is 6.15. The molecule has 3 fully saturated rings. The molecule has 4 aliphatic heterocycles. The second-order valence-corrected chi connectivity index (χ2v) is 9.36. The number of carbonyl (C=O) groups is 2. The average Bonchev–Trinajstić information content (AvgIpc) is 3.23. The van der Waals surface area contributed by atoms with Crippen LogP contribution in [0.3, 0.4) is 0 Å².